The van der Waals surface area contributed by atoms with Gasteiger partial charge in [0.05, 0.1) is 35.9 Å². The molecule has 0 unspecified atom stereocenters. The molecule has 0 bridgehead atoms. The van der Waals surface area contributed by atoms with Crippen LogP contribution in [0.15, 0.2) is 23.8 Å². The van der Waals surface area contributed by atoms with Gasteiger partial charge >= 0.3 is 5.97 Å². The average Bonchev–Trinajstić information content (AvgIpc) is 2.98. The molecule has 106 valence electrons. The Hall–Kier alpha value is -2.28. The molecular weight excluding hydrogens is 280 g/mol. The van der Waals surface area contributed by atoms with Crippen LogP contribution in [0.25, 0.3) is 0 Å². The van der Waals surface area contributed by atoms with Crippen LogP contribution in [0.5, 0.6) is 11.5 Å². The molecule has 0 aliphatic rings. The van der Waals surface area contributed by atoms with Gasteiger partial charge in [-0.05, 0) is 6.07 Å². The Kier molecular flexibility index (Phi) is 4.41. The molecule has 2 N–H and O–H groups in total. The zero-order valence-electron chi connectivity index (χ0n) is 11.1. The van der Waals surface area contributed by atoms with E-state index in [1.165, 1.54) is 31.6 Å². The van der Waals surface area contributed by atoms with Crippen LogP contribution in [0.3, 0.4) is 0 Å². The van der Waals surface area contributed by atoms with Gasteiger partial charge in [0.25, 0.3) is 0 Å². The zero-order valence-corrected chi connectivity index (χ0v) is 11.9. The van der Waals surface area contributed by atoms with E-state index < -0.39 is 5.97 Å². The highest BCUT2D eigenvalue weighted by Crippen LogP contribution is 2.31. The number of benzene rings is 1. The Morgan fingerprint density at radius 1 is 1.35 bits per heavy atom. The molecule has 0 spiro atoms. The van der Waals surface area contributed by atoms with Crippen molar-refractivity contribution < 1.29 is 19.0 Å². The lowest BCUT2D eigenvalue weighted by Crippen LogP contribution is -2.09. The minimum atomic E-state index is -0.534. The molecule has 7 heteroatoms. The Bertz CT molecular complexity index is 599. The van der Waals surface area contributed by atoms with Gasteiger partial charge < -0.3 is 19.9 Å². The summed E-state index contributed by atoms with van der Waals surface area (Å²) in [5.74, 6) is 0.308. The van der Waals surface area contributed by atoms with E-state index in [0.717, 1.165) is 4.88 Å². The largest absolute Gasteiger partial charge is 0.497 e. The normalized spacial score (nSPS) is 10.1. The lowest BCUT2D eigenvalue weighted by molar-refractivity contribution is 0.0477. The van der Waals surface area contributed by atoms with Crippen LogP contribution < -0.4 is 15.2 Å². The number of nitrogen functional groups attached to an aromatic ring is 1. The summed E-state index contributed by atoms with van der Waals surface area (Å²) in [4.78, 5) is 16.8. The van der Waals surface area contributed by atoms with E-state index in [2.05, 4.69) is 4.98 Å². The maximum absolute atomic E-state index is 12.1. The van der Waals surface area contributed by atoms with Gasteiger partial charge in [-0.15, -0.1) is 11.3 Å². The standard InChI is InChI=1S/C13H14N2O4S/c1-17-8-3-10(12(14)11(4-8)18-2)13(16)19-6-9-5-15-7-20-9/h3-5,7H,6,14H2,1-2H3. The summed E-state index contributed by atoms with van der Waals surface area (Å²) in [5.41, 5.74) is 7.99. The van der Waals surface area contributed by atoms with Crippen LogP contribution in [0.1, 0.15) is 15.2 Å². The maximum atomic E-state index is 12.1. The Balaban J connectivity index is 2.20. The summed E-state index contributed by atoms with van der Waals surface area (Å²) in [5, 5.41) is 0. The summed E-state index contributed by atoms with van der Waals surface area (Å²) in [6.07, 6.45) is 1.65. The molecule has 0 radical (unpaired) electrons. The van der Waals surface area contributed by atoms with Crippen molar-refractivity contribution >= 4 is 23.0 Å². The van der Waals surface area contributed by atoms with Gasteiger partial charge in [-0.3, -0.25) is 4.98 Å². The van der Waals surface area contributed by atoms with Crippen molar-refractivity contribution in [2.45, 2.75) is 6.61 Å². The van der Waals surface area contributed by atoms with E-state index in [4.69, 9.17) is 19.9 Å². The maximum Gasteiger partial charge on any atom is 0.340 e. The summed E-state index contributed by atoms with van der Waals surface area (Å²) in [6, 6.07) is 3.13. The Morgan fingerprint density at radius 3 is 2.75 bits per heavy atom. The Morgan fingerprint density at radius 2 is 2.15 bits per heavy atom. The molecular formula is C13H14N2O4S. The predicted molar refractivity (Wildman–Crippen MR) is 75.2 cm³/mol. The van der Waals surface area contributed by atoms with Crippen molar-refractivity contribution in [3.63, 3.8) is 0 Å². The average molecular weight is 294 g/mol. The number of esters is 1. The molecule has 0 aliphatic heterocycles. The molecule has 1 aromatic carbocycles. The second kappa shape index (κ2) is 6.25. The molecule has 0 fully saturated rings. The number of rotatable bonds is 5. The van der Waals surface area contributed by atoms with Gasteiger partial charge in [0.2, 0.25) is 0 Å². The fraction of sp³-hybridized carbons (Fsp3) is 0.231. The summed E-state index contributed by atoms with van der Waals surface area (Å²) in [6.45, 7) is 0.155. The van der Waals surface area contributed by atoms with E-state index in [1.807, 2.05) is 0 Å². The second-order valence-electron chi connectivity index (χ2n) is 3.83. The van der Waals surface area contributed by atoms with Gasteiger partial charge in [-0.25, -0.2) is 4.79 Å². The Labute approximate surface area is 120 Å². The number of carbonyl (C=O) groups excluding carboxylic acids is 1. The van der Waals surface area contributed by atoms with Crippen LogP contribution in [0, 0.1) is 0 Å². The molecule has 1 heterocycles. The first-order valence-corrected chi connectivity index (χ1v) is 6.59. The summed E-state index contributed by atoms with van der Waals surface area (Å²) >= 11 is 1.41. The first-order chi connectivity index (χ1) is 9.65. The molecule has 2 rings (SSSR count). The van der Waals surface area contributed by atoms with Gasteiger partial charge in [0.15, 0.2) is 0 Å². The smallest absolute Gasteiger partial charge is 0.340 e. The van der Waals surface area contributed by atoms with E-state index in [9.17, 15) is 4.79 Å². The van der Waals surface area contributed by atoms with Crippen molar-refractivity contribution in [2.75, 3.05) is 20.0 Å². The number of aromatic nitrogens is 1. The number of methoxy groups -OCH3 is 2. The van der Waals surface area contributed by atoms with Crippen molar-refractivity contribution in [3.8, 4) is 11.5 Å². The fourth-order valence-corrected chi connectivity index (χ4v) is 2.09. The highest BCUT2D eigenvalue weighted by atomic mass is 32.1. The van der Waals surface area contributed by atoms with E-state index in [0.29, 0.717) is 11.5 Å². The number of hydrogen-bond donors (Lipinski definition) is 1. The summed E-state index contributed by atoms with van der Waals surface area (Å²) in [7, 11) is 2.97. The van der Waals surface area contributed by atoms with Crippen molar-refractivity contribution in [1.82, 2.24) is 4.98 Å². The minimum absolute atomic E-state index is 0.155. The molecule has 0 amide bonds. The zero-order chi connectivity index (χ0) is 14.5. The SMILES string of the molecule is COc1cc(OC)c(N)c(C(=O)OCc2cncs2)c1. The van der Waals surface area contributed by atoms with Gasteiger partial charge in [0, 0.05) is 12.3 Å². The minimum Gasteiger partial charge on any atom is -0.497 e. The third-order valence-corrected chi connectivity index (χ3v) is 3.37. The monoisotopic (exact) mass is 294 g/mol. The highest BCUT2D eigenvalue weighted by molar-refractivity contribution is 7.09. The van der Waals surface area contributed by atoms with E-state index in [1.54, 1.807) is 17.8 Å². The number of anilines is 1. The topological polar surface area (TPSA) is 83.7 Å². The van der Waals surface area contributed by atoms with Gasteiger partial charge in [0.1, 0.15) is 18.1 Å². The fourth-order valence-electron chi connectivity index (χ4n) is 1.58. The third-order valence-electron chi connectivity index (χ3n) is 2.62. The van der Waals surface area contributed by atoms with Crippen LogP contribution in [-0.2, 0) is 11.3 Å². The number of ether oxygens (including phenoxy) is 3. The lowest BCUT2D eigenvalue weighted by Gasteiger charge is -2.12. The molecule has 0 saturated carbocycles. The molecule has 1 aromatic heterocycles. The first kappa shape index (κ1) is 14.1. The molecule has 2 aromatic rings. The highest BCUT2D eigenvalue weighted by Gasteiger charge is 2.17. The van der Waals surface area contributed by atoms with Crippen LogP contribution >= 0.6 is 11.3 Å². The number of hydrogen-bond acceptors (Lipinski definition) is 7. The van der Waals surface area contributed by atoms with Gasteiger partial charge in [-0.1, -0.05) is 0 Å². The molecule has 0 atom stereocenters. The molecule has 0 saturated heterocycles. The van der Waals surface area contributed by atoms with E-state index in [-0.39, 0.29) is 17.9 Å². The molecule has 0 aliphatic carbocycles. The van der Waals surface area contributed by atoms with Crippen molar-refractivity contribution in [3.05, 3.63) is 34.3 Å². The summed E-state index contributed by atoms with van der Waals surface area (Å²) < 4.78 is 15.4. The quantitative estimate of drug-likeness (QED) is 0.671. The first-order valence-electron chi connectivity index (χ1n) is 5.71. The van der Waals surface area contributed by atoms with Crippen LogP contribution in [-0.4, -0.2) is 25.2 Å². The molecule has 20 heavy (non-hydrogen) atoms. The van der Waals surface area contributed by atoms with E-state index >= 15 is 0 Å². The number of thiazole rings is 1. The third kappa shape index (κ3) is 3.00. The van der Waals surface area contributed by atoms with Crippen LogP contribution in [0.2, 0.25) is 0 Å². The van der Waals surface area contributed by atoms with Crippen molar-refractivity contribution in [1.29, 1.82) is 0 Å². The second-order valence-corrected chi connectivity index (χ2v) is 4.81. The number of nitrogens with two attached hydrogens (primary N) is 1. The lowest BCUT2D eigenvalue weighted by atomic mass is 10.1. The van der Waals surface area contributed by atoms with Crippen LogP contribution in [0.4, 0.5) is 5.69 Å². The number of carbonyl (C=O) groups is 1. The molecule has 6 nitrogen and oxygen atoms in total. The van der Waals surface area contributed by atoms with Crippen molar-refractivity contribution in [2.24, 2.45) is 0 Å². The predicted octanol–water partition coefficient (Wildman–Crippen LogP) is 2.10. The van der Waals surface area contributed by atoms with Gasteiger partial charge in [-0.2, -0.15) is 0 Å². The number of nitrogens with zero attached hydrogens (tertiary/aromatic N) is 1.